The molecule has 1 amide bonds. The number of benzene rings is 2. The van der Waals surface area contributed by atoms with Gasteiger partial charge in [-0.05, 0) is 47.9 Å². The molecule has 0 atom stereocenters. The number of aromatic amines is 1. The third kappa shape index (κ3) is 4.95. The summed E-state index contributed by atoms with van der Waals surface area (Å²) in [7, 11) is 0. The maximum Gasteiger partial charge on any atom is 0.261 e. The number of nitrogens with one attached hydrogen (secondary N) is 2. The third-order valence-corrected chi connectivity index (χ3v) is 6.13. The van der Waals surface area contributed by atoms with Gasteiger partial charge in [-0.2, -0.15) is 0 Å². The molecule has 2 N–H and O–H groups in total. The molecule has 162 valence electrons. The van der Waals surface area contributed by atoms with E-state index in [0.29, 0.717) is 33.2 Å². The topological polar surface area (TPSA) is 71.2 Å². The Morgan fingerprint density at radius 3 is 2.62 bits per heavy atom. The number of ether oxygens (including phenoxy) is 1. The first-order valence-electron chi connectivity index (χ1n) is 10.0. The number of halogens is 1. The average molecular weight is 449 g/mol. The Kier molecular flexibility index (Phi) is 6.47. The van der Waals surface area contributed by atoms with Crippen LogP contribution in [-0.4, -0.2) is 10.9 Å². The first kappa shape index (κ1) is 21.5. The van der Waals surface area contributed by atoms with Crippen molar-refractivity contribution in [3.63, 3.8) is 0 Å². The molecule has 0 saturated carbocycles. The number of hydrogen-bond acceptors (Lipinski definition) is 4. The Bertz CT molecular complexity index is 1300. The molecule has 0 bridgehead atoms. The van der Waals surface area contributed by atoms with E-state index in [1.165, 1.54) is 23.5 Å². The summed E-state index contributed by atoms with van der Waals surface area (Å²) >= 11 is 1.22. The van der Waals surface area contributed by atoms with Crippen LogP contribution in [0, 0.1) is 12.7 Å². The number of rotatable bonds is 7. The van der Waals surface area contributed by atoms with Crippen LogP contribution in [0.15, 0.2) is 77.7 Å². The van der Waals surface area contributed by atoms with Gasteiger partial charge in [0.15, 0.2) is 0 Å². The largest absolute Gasteiger partial charge is 0.488 e. The van der Waals surface area contributed by atoms with Crippen molar-refractivity contribution in [3.8, 4) is 16.2 Å². The van der Waals surface area contributed by atoms with Gasteiger partial charge in [-0.15, -0.1) is 11.3 Å². The van der Waals surface area contributed by atoms with Gasteiger partial charge < -0.3 is 15.0 Å². The van der Waals surface area contributed by atoms with Gasteiger partial charge in [0.05, 0.1) is 10.4 Å². The van der Waals surface area contributed by atoms with Crippen molar-refractivity contribution in [3.05, 3.63) is 111 Å². The molecule has 7 heteroatoms. The van der Waals surface area contributed by atoms with Crippen LogP contribution in [0.25, 0.3) is 10.4 Å². The lowest BCUT2D eigenvalue weighted by Crippen LogP contribution is -2.22. The molecule has 0 aliphatic carbocycles. The Labute approximate surface area is 188 Å². The maximum atomic E-state index is 13.4. The highest BCUT2D eigenvalue weighted by Gasteiger charge is 2.19. The van der Waals surface area contributed by atoms with Crippen molar-refractivity contribution in [1.29, 1.82) is 0 Å². The summed E-state index contributed by atoms with van der Waals surface area (Å²) in [5, 5.41) is 2.81. The zero-order valence-electron chi connectivity index (χ0n) is 17.4. The smallest absolute Gasteiger partial charge is 0.261 e. The van der Waals surface area contributed by atoms with Crippen LogP contribution < -0.4 is 15.6 Å². The summed E-state index contributed by atoms with van der Waals surface area (Å²) in [6.07, 6.45) is 1.54. The molecule has 0 aliphatic rings. The summed E-state index contributed by atoms with van der Waals surface area (Å²) in [5.41, 5.74) is 2.51. The van der Waals surface area contributed by atoms with Crippen molar-refractivity contribution in [2.75, 3.05) is 0 Å². The Morgan fingerprint density at radius 1 is 1.06 bits per heavy atom. The highest BCUT2D eigenvalue weighted by Crippen LogP contribution is 2.34. The number of carbonyl (C=O) groups excluding carboxylic acids is 1. The second kappa shape index (κ2) is 9.62. The Balaban J connectivity index is 1.55. The Hall–Kier alpha value is -3.71. The van der Waals surface area contributed by atoms with Crippen molar-refractivity contribution < 1.29 is 13.9 Å². The van der Waals surface area contributed by atoms with Crippen LogP contribution in [0.4, 0.5) is 4.39 Å². The predicted molar refractivity (Wildman–Crippen MR) is 123 cm³/mol. The second-order valence-corrected chi connectivity index (χ2v) is 8.31. The minimum atomic E-state index is -0.349. The summed E-state index contributed by atoms with van der Waals surface area (Å²) < 4.78 is 19.3. The van der Waals surface area contributed by atoms with Crippen LogP contribution in [0.3, 0.4) is 0 Å². The van der Waals surface area contributed by atoms with Gasteiger partial charge in [-0.3, -0.25) is 9.59 Å². The normalized spacial score (nSPS) is 10.7. The van der Waals surface area contributed by atoms with E-state index in [1.807, 2.05) is 43.3 Å². The van der Waals surface area contributed by atoms with Gasteiger partial charge in [-0.1, -0.05) is 42.5 Å². The van der Waals surface area contributed by atoms with Crippen molar-refractivity contribution in [2.24, 2.45) is 0 Å². The number of carbonyl (C=O) groups is 1. The van der Waals surface area contributed by atoms with E-state index in [0.717, 1.165) is 11.1 Å². The SMILES string of the molecule is Cc1cc(-c2c(OCc3ccccc3)cc[nH]c2=O)sc1C(=O)NCc1cccc(F)c1. The van der Waals surface area contributed by atoms with Gasteiger partial charge in [0, 0.05) is 17.6 Å². The third-order valence-electron chi connectivity index (χ3n) is 4.87. The predicted octanol–water partition coefficient (Wildman–Crippen LogP) is 5.06. The first-order chi connectivity index (χ1) is 15.5. The fourth-order valence-corrected chi connectivity index (χ4v) is 4.43. The van der Waals surface area contributed by atoms with E-state index in [2.05, 4.69) is 10.3 Å². The minimum Gasteiger partial charge on any atom is -0.488 e. The fourth-order valence-electron chi connectivity index (χ4n) is 3.29. The van der Waals surface area contributed by atoms with Gasteiger partial charge in [0.1, 0.15) is 18.2 Å². The number of H-pyrrole nitrogens is 1. The van der Waals surface area contributed by atoms with Crippen molar-refractivity contribution in [2.45, 2.75) is 20.1 Å². The summed E-state index contributed by atoms with van der Waals surface area (Å²) in [5.74, 6) is -0.176. The van der Waals surface area contributed by atoms with Gasteiger partial charge in [0.2, 0.25) is 0 Å². The number of hydrogen-bond donors (Lipinski definition) is 2. The lowest BCUT2D eigenvalue weighted by atomic mass is 10.1. The second-order valence-electron chi connectivity index (χ2n) is 7.26. The van der Waals surface area contributed by atoms with Gasteiger partial charge in [0.25, 0.3) is 11.5 Å². The van der Waals surface area contributed by atoms with E-state index in [9.17, 15) is 14.0 Å². The molecule has 32 heavy (non-hydrogen) atoms. The van der Waals surface area contributed by atoms with E-state index in [-0.39, 0.29) is 23.8 Å². The molecule has 0 fully saturated rings. The van der Waals surface area contributed by atoms with Crippen LogP contribution in [0.1, 0.15) is 26.4 Å². The minimum absolute atomic E-state index is 0.209. The number of pyridine rings is 1. The molecule has 0 aliphatic heterocycles. The van der Waals surface area contributed by atoms with Crippen LogP contribution >= 0.6 is 11.3 Å². The molecule has 0 unspecified atom stereocenters. The number of aryl methyl sites for hydroxylation is 1. The first-order valence-corrected chi connectivity index (χ1v) is 10.8. The maximum absolute atomic E-state index is 13.4. The highest BCUT2D eigenvalue weighted by atomic mass is 32.1. The molecule has 4 rings (SSSR count). The van der Waals surface area contributed by atoms with Crippen molar-refractivity contribution in [1.82, 2.24) is 10.3 Å². The molecule has 0 spiro atoms. The summed E-state index contributed by atoms with van der Waals surface area (Å²) in [6.45, 7) is 2.35. The monoisotopic (exact) mass is 448 g/mol. The van der Waals surface area contributed by atoms with Crippen molar-refractivity contribution >= 4 is 17.2 Å². The average Bonchev–Trinajstić information content (AvgIpc) is 3.18. The number of thiophene rings is 1. The number of amides is 1. The van der Waals surface area contributed by atoms with Crippen LogP contribution in [0.2, 0.25) is 0 Å². The zero-order chi connectivity index (χ0) is 22.5. The molecule has 2 aromatic heterocycles. The summed E-state index contributed by atoms with van der Waals surface area (Å²) in [4.78, 5) is 29.2. The molecule has 0 saturated heterocycles. The fraction of sp³-hybridized carbons (Fsp3) is 0.120. The summed E-state index contributed by atoms with van der Waals surface area (Å²) in [6, 6.07) is 19.3. The molecular weight excluding hydrogens is 427 g/mol. The standard InChI is InChI=1S/C25H21FN2O3S/c1-16-12-21(32-23(16)25(30)28-14-18-8-5-9-19(26)13-18)22-20(10-11-27-24(22)29)31-15-17-6-3-2-4-7-17/h2-13H,14-15H2,1H3,(H,27,29)(H,28,30). The lowest BCUT2D eigenvalue weighted by Gasteiger charge is -2.09. The molecular formula is C25H21FN2O3S. The molecule has 5 nitrogen and oxygen atoms in total. The number of aromatic nitrogens is 1. The molecule has 0 radical (unpaired) electrons. The van der Waals surface area contributed by atoms with Gasteiger partial charge in [-0.25, -0.2) is 4.39 Å². The van der Waals surface area contributed by atoms with Crippen LogP contribution in [-0.2, 0) is 13.2 Å². The van der Waals surface area contributed by atoms with E-state index in [4.69, 9.17) is 4.74 Å². The highest BCUT2D eigenvalue weighted by molar-refractivity contribution is 7.17. The lowest BCUT2D eigenvalue weighted by molar-refractivity contribution is 0.0954. The molecule has 2 aromatic carbocycles. The van der Waals surface area contributed by atoms with E-state index < -0.39 is 0 Å². The quantitative estimate of drug-likeness (QED) is 0.415. The Morgan fingerprint density at radius 2 is 1.84 bits per heavy atom. The molecule has 4 aromatic rings. The van der Waals surface area contributed by atoms with E-state index in [1.54, 1.807) is 24.4 Å². The van der Waals surface area contributed by atoms with Crippen LogP contribution in [0.5, 0.6) is 5.75 Å². The molecule has 2 heterocycles. The van der Waals surface area contributed by atoms with E-state index >= 15 is 0 Å². The zero-order valence-corrected chi connectivity index (χ0v) is 18.2. The van der Waals surface area contributed by atoms with Gasteiger partial charge >= 0.3 is 0 Å².